The average molecular weight is 226 g/mol. The Morgan fingerprint density at radius 3 is 2.33 bits per heavy atom. The van der Waals surface area contributed by atoms with Crippen LogP contribution >= 0.6 is 11.8 Å². The Hall–Kier alpha value is -1.04. The summed E-state index contributed by atoms with van der Waals surface area (Å²) in [7, 11) is 0. The fourth-order valence-corrected chi connectivity index (χ4v) is 1.57. The van der Waals surface area contributed by atoms with Gasteiger partial charge in [0.25, 0.3) is 0 Å². The molecule has 0 fully saturated rings. The topological polar surface area (TPSA) is 89.3 Å². The molecule has 0 radical (unpaired) electrons. The lowest BCUT2D eigenvalue weighted by molar-refractivity contribution is -0.121. The highest BCUT2D eigenvalue weighted by molar-refractivity contribution is 7.98. The number of carbonyl (C=O) groups excluding carboxylic acids is 1. The third kappa shape index (κ3) is 2.95. The third-order valence-corrected chi connectivity index (χ3v) is 2.87. The van der Waals surface area contributed by atoms with Crippen LogP contribution in [0.3, 0.4) is 0 Å². The number of thioether (sulfide) groups is 1. The smallest absolute Gasteiger partial charge is 0.237 e. The largest absolute Gasteiger partial charge is 0.386 e. The molecule has 0 saturated carbocycles. The maximum atomic E-state index is 10.8. The number of rotatable bonds is 4. The van der Waals surface area contributed by atoms with Crippen LogP contribution in [0.15, 0.2) is 29.2 Å². The van der Waals surface area contributed by atoms with Crippen LogP contribution in [-0.4, -0.2) is 23.3 Å². The van der Waals surface area contributed by atoms with E-state index in [9.17, 15) is 9.90 Å². The van der Waals surface area contributed by atoms with Gasteiger partial charge in [-0.1, -0.05) is 12.1 Å². The molecule has 1 aromatic rings. The lowest BCUT2D eigenvalue weighted by Gasteiger charge is -2.16. The number of nitrogens with two attached hydrogens (primary N) is 2. The first-order valence-electron chi connectivity index (χ1n) is 4.43. The SMILES string of the molecule is CSc1ccc([C@H](O)[C@@H](N)C(N)=O)cc1. The Labute approximate surface area is 92.6 Å². The molecular weight excluding hydrogens is 212 g/mol. The molecule has 15 heavy (non-hydrogen) atoms. The number of hydrogen-bond donors (Lipinski definition) is 3. The summed E-state index contributed by atoms with van der Waals surface area (Å²) in [6, 6.07) is 6.12. The predicted molar refractivity (Wildman–Crippen MR) is 60.4 cm³/mol. The Morgan fingerprint density at radius 2 is 1.93 bits per heavy atom. The van der Waals surface area contributed by atoms with Gasteiger partial charge in [-0.2, -0.15) is 0 Å². The summed E-state index contributed by atoms with van der Waals surface area (Å²) >= 11 is 1.60. The Kier molecular flexibility index (Phi) is 4.14. The van der Waals surface area contributed by atoms with Crippen LogP contribution in [0.2, 0.25) is 0 Å². The quantitative estimate of drug-likeness (QED) is 0.642. The molecule has 4 nitrogen and oxygen atoms in total. The van der Waals surface area contributed by atoms with E-state index in [-0.39, 0.29) is 0 Å². The van der Waals surface area contributed by atoms with E-state index in [2.05, 4.69) is 0 Å². The van der Waals surface area contributed by atoms with Gasteiger partial charge in [-0.25, -0.2) is 0 Å². The van der Waals surface area contributed by atoms with E-state index in [1.54, 1.807) is 23.9 Å². The van der Waals surface area contributed by atoms with Crippen LogP contribution in [0.5, 0.6) is 0 Å². The number of hydrogen-bond acceptors (Lipinski definition) is 4. The molecule has 1 rings (SSSR count). The molecule has 2 atom stereocenters. The molecule has 0 heterocycles. The van der Waals surface area contributed by atoms with Gasteiger partial charge in [0, 0.05) is 4.90 Å². The summed E-state index contributed by atoms with van der Waals surface area (Å²) in [6.45, 7) is 0. The minimum atomic E-state index is -1.06. The molecule has 0 aliphatic rings. The number of aliphatic hydroxyl groups is 1. The summed E-state index contributed by atoms with van der Waals surface area (Å²) in [4.78, 5) is 11.9. The van der Waals surface area contributed by atoms with Crippen LogP contribution in [0, 0.1) is 0 Å². The fraction of sp³-hybridized carbons (Fsp3) is 0.300. The van der Waals surface area contributed by atoms with E-state index in [0.717, 1.165) is 4.90 Å². The van der Waals surface area contributed by atoms with Gasteiger partial charge in [-0.3, -0.25) is 4.79 Å². The van der Waals surface area contributed by atoms with Crippen molar-refractivity contribution < 1.29 is 9.90 Å². The van der Waals surface area contributed by atoms with Crippen LogP contribution in [-0.2, 0) is 4.79 Å². The molecule has 0 bridgehead atoms. The molecule has 1 amide bonds. The number of amides is 1. The van der Waals surface area contributed by atoms with Crippen molar-refractivity contribution in [3.05, 3.63) is 29.8 Å². The second-order valence-corrected chi connectivity index (χ2v) is 4.03. The minimum absolute atomic E-state index is 0.596. The highest BCUT2D eigenvalue weighted by atomic mass is 32.2. The van der Waals surface area contributed by atoms with Crippen molar-refractivity contribution in [2.24, 2.45) is 11.5 Å². The lowest BCUT2D eigenvalue weighted by Crippen LogP contribution is -2.41. The monoisotopic (exact) mass is 226 g/mol. The molecule has 5 heteroatoms. The molecule has 0 aromatic heterocycles. The van der Waals surface area contributed by atoms with Gasteiger partial charge >= 0.3 is 0 Å². The molecular formula is C10H14N2O2S. The van der Waals surface area contributed by atoms with Gasteiger partial charge < -0.3 is 16.6 Å². The van der Waals surface area contributed by atoms with Gasteiger partial charge in [0.2, 0.25) is 5.91 Å². The van der Waals surface area contributed by atoms with Crippen molar-refractivity contribution in [1.29, 1.82) is 0 Å². The second kappa shape index (κ2) is 5.16. The molecule has 0 saturated heterocycles. The van der Waals surface area contributed by atoms with E-state index in [4.69, 9.17) is 11.5 Å². The average Bonchev–Trinajstić information content (AvgIpc) is 2.27. The molecule has 0 spiro atoms. The summed E-state index contributed by atoms with van der Waals surface area (Å²) in [5, 5.41) is 9.69. The van der Waals surface area contributed by atoms with Crippen LogP contribution in [0.4, 0.5) is 0 Å². The van der Waals surface area contributed by atoms with Crippen LogP contribution in [0.25, 0.3) is 0 Å². The minimum Gasteiger partial charge on any atom is -0.386 e. The zero-order valence-electron chi connectivity index (χ0n) is 8.38. The van der Waals surface area contributed by atoms with Crippen molar-refractivity contribution in [3.8, 4) is 0 Å². The fourth-order valence-electron chi connectivity index (χ4n) is 1.16. The third-order valence-electron chi connectivity index (χ3n) is 2.13. The maximum Gasteiger partial charge on any atom is 0.237 e. The van der Waals surface area contributed by atoms with Gasteiger partial charge in [-0.15, -0.1) is 11.8 Å². The number of aliphatic hydroxyl groups excluding tert-OH is 1. The maximum absolute atomic E-state index is 10.8. The summed E-state index contributed by atoms with van der Waals surface area (Å²) in [5.74, 6) is -0.712. The highest BCUT2D eigenvalue weighted by Crippen LogP contribution is 2.20. The molecule has 0 unspecified atom stereocenters. The van der Waals surface area contributed by atoms with Crippen molar-refractivity contribution in [2.45, 2.75) is 17.0 Å². The van der Waals surface area contributed by atoms with E-state index in [0.29, 0.717) is 5.56 Å². The number of primary amides is 1. The Balaban J connectivity index is 2.82. The molecule has 1 aromatic carbocycles. The van der Waals surface area contributed by atoms with Crippen LogP contribution in [0.1, 0.15) is 11.7 Å². The van der Waals surface area contributed by atoms with E-state index in [1.807, 2.05) is 18.4 Å². The number of carbonyl (C=O) groups is 1. The van der Waals surface area contributed by atoms with Crippen LogP contribution < -0.4 is 11.5 Å². The summed E-state index contributed by atoms with van der Waals surface area (Å²) in [5.41, 5.74) is 11.0. The van der Waals surface area contributed by atoms with Crippen molar-refractivity contribution in [2.75, 3.05) is 6.26 Å². The second-order valence-electron chi connectivity index (χ2n) is 3.15. The summed E-state index contributed by atoms with van der Waals surface area (Å²) < 4.78 is 0. The van der Waals surface area contributed by atoms with E-state index < -0.39 is 18.1 Å². The zero-order valence-corrected chi connectivity index (χ0v) is 9.20. The van der Waals surface area contributed by atoms with Crippen molar-refractivity contribution in [3.63, 3.8) is 0 Å². The molecule has 0 aliphatic carbocycles. The Morgan fingerprint density at radius 1 is 1.40 bits per heavy atom. The lowest BCUT2D eigenvalue weighted by atomic mass is 10.0. The Bertz CT molecular complexity index is 340. The summed E-state index contributed by atoms with van der Waals surface area (Å²) in [6.07, 6.45) is 0.916. The standard InChI is InChI=1S/C10H14N2O2S/c1-15-7-4-2-6(3-5-7)9(13)8(11)10(12)14/h2-5,8-9,13H,11H2,1H3,(H2,12,14)/t8-,9+/m1/s1. The van der Waals surface area contributed by atoms with Gasteiger partial charge in [0.15, 0.2) is 0 Å². The molecule has 5 N–H and O–H groups in total. The highest BCUT2D eigenvalue weighted by Gasteiger charge is 2.21. The first-order valence-corrected chi connectivity index (χ1v) is 5.65. The van der Waals surface area contributed by atoms with Crippen molar-refractivity contribution >= 4 is 17.7 Å². The first kappa shape index (κ1) is 12.0. The normalized spacial score (nSPS) is 14.6. The van der Waals surface area contributed by atoms with Crippen molar-refractivity contribution in [1.82, 2.24) is 0 Å². The van der Waals surface area contributed by atoms with Gasteiger partial charge in [0.1, 0.15) is 12.1 Å². The predicted octanol–water partition coefficient (Wildman–Crippen LogP) is 0.254. The van der Waals surface area contributed by atoms with Gasteiger partial charge in [0.05, 0.1) is 0 Å². The van der Waals surface area contributed by atoms with Gasteiger partial charge in [-0.05, 0) is 24.0 Å². The molecule has 82 valence electrons. The molecule has 0 aliphatic heterocycles. The number of benzene rings is 1. The van der Waals surface area contributed by atoms with E-state index >= 15 is 0 Å². The zero-order chi connectivity index (χ0) is 11.4. The van der Waals surface area contributed by atoms with E-state index in [1.165, 1.54) is 0 Å². The first-order chi connectivity index (χ1) is 7.06.